The molecule has 4 aliphatic heterocycles. The molecule has 0 unspecified atom stereocenters. The van der Waals surface area contributed by atoms with Gasteiger partial charge in [-0.1, -0.05) is 0 Å². The zero-order valence-electron chi connectivity index (χ0n) is 25.1. The van der Waals surface area contributed by atoms with Crippen LogP contribution >= 0.6 is 0 Å². The van der Waals surface area contributed by atoms with Gasteiger partial charge in [-0.15, -0.1) is 0 Å². The Morgan fingerprint density at radius 1 is 0.391 bits per heavy atom. The van der Waals surface area contributed by atoms with E-state index in [0.29, 0.717) is 0 Å². The molecule has 0 radical (unpaired) electrons. The van der Waals surface area contributed by atoms with Crippen LogP contribution in [0.1, 0.15) is 0 Å². The first-order valence-electron chi connectivity index (χ1n) is 14.3. The van der Waals surface area contributed by atoms with Gasteiger partial charge in [0.25, 0.3) is 0 Å². The summed E-state index contributed by atoms with van der Waals surface area (Å²) < 4.78 is 125. The van der Waals surface area contributed by atoms with E-state index in [1.807, 2.05) is 0 Å². The fourth-order valence-corrected chi connectivity index (χ4v) is 5.00. The summed E-state index contributed by atoms with van der Waals surface area (Å²) in [6, 6.07) is 7.84. The van der Waals surface area contributed by atoms with E-state index in [1.165, 1.54) is 24.3 Å². The third-order valence-corrected chi connectivity index (χ3v) is 7.54. The standard InChI is InChI=1S/C28H40O16S2/c29-45(30,31)27-21-23-1-3-25(27)43-19-15-39-11-7-36-6-10-38-14-18-42-24-2-4-26(28(22-24)46(32,33)34)44-20-16-40-12-8-35-5-9-37-13-17-41-23/h1-4,21-22H,5-20H2,(H,29,30,31)(H,32,33,34)/p-2. The molecule has 4 bridgehead atoms. The van der Waals surface area contributed by atoms with Gasteiger partial charge in [-0.2, -0.15) is 0 Å². The molecule has 46 heavy (non-hydrogen) atoms. The lowest BCUT2D eigenvalue weighted by molar-refractivity contribution is 0.00446. The summed E-state index contributed by atoms with van der Waals surface area (Å²) in [5.41, 5.74) is 0. The van der Waals surface area contributed by atoms with Gasteiger partial charge >= 0.3 is 0 Å². The molecule has 18 heteroatoms. The van der Waals surface area contributed by atoms with Crippen molar-refractivity contribution in [1.29, 1.82) is 0 Å². The van der Waals surface area contributed by atoms with Crippen molar-refractivity contribution in [3.63, 3.8) is 0 Å². The van der Waals surface area contributed by atoms with Gasteiger partial charge in [-0.3, -0.25) is 0 Å². The van der Waals surface area contributed by atoms with Gasteiger partial charge in [0.05, 0.1) is 89.1 Å². The van der Waals surface area contributed by atoms with E-state index >= 15 is 0 Å². The summed E-state index contributed by atoms with van der Waals surface area (Å²) in [5.74, 6) is 0.0945. The van der Waals surface area contributed by atoms with E-state index in [4.69, 9.17) is 47.4 Å². The van der Waals surface area contributed by atoms with E-state index in [2.05, 4.69) is 0 Å². The van der Waals surface area contributed by atoms with Crippen LogP contribution in [-0.2, 0) is 48.7 Å². The van der Waals surface area contributed by atoms with Crippen LogP contribution in [0.15, 0.2) is 46.2 Å². The zero-order chi connectivity index (χ0) is 33.1. The van der Waals surface area contributed by atoms with Gasteiger partial charge in [0.1, 0.15) is 69.7 Å². The quantitative estimate of drug-likeness (QED) is 0.399. The molecule has 0 saturated carbocycles. The molecule has 0 amide bonds. The summed E-state index contributed by atoms with van der Waals surface area (Å²) in [4.78, 5) is -1.09. The number of hydrogen-bond donors (Lipinski definition) is 0. The van der Waals surface area contributed by atoms with Crippen molar-refractivity contribution in [1.82, 2.24) is 0 Å². The molecule has 0 saturated heterocycles. The highest BCUT2D eigenvalue weighted by Crippen LogP contribution is 2.29. The van der Waals surface area contributed by atoms with Crippen molar-refractivity contribution in [3.05, 3.63) is 36.4 Å². The topological polar surface area (TPSA) is 207 Å². The molecule has 0 atom stereocenters. The maximum absolute atomic E-state index is 11.8. The minimum atomic E-state index is -4.83. The van der Waals surface area contributed by atoms with Crippen molar-refractivity contribution in [2.24, 2.45) is 0 Å². The molecular weight excluding hydrogens is 656 g/mol. The third-order valence-electron chi connectivity index (χ3n) is 5.82. The number of ether oxygens (including phenoxy) is 10. The highest BCUT2D eigenvalue weighted by Gasteiger charge is 2.14. The first-order chi connectivity index (χ1) is 22.1. The molecule has 2 aromatic rings. The SMILES string of the molecule is O=S(=O)([O-])c1cc2ccc1OCCOCCOCCOCCOc1ccc(c(S(=O)(=O)[O-])c1)OCCOCCOCCOCCO2. The van der Waals surface area contributed by atoms with Crippen LogP contribution in [0, 0.1) is 0 Å². The lowest BCUT2D eigenvalue weighted by Gasteiger charge is -2.16. The maximum Gasteiger partial charge on any atom is 0.137 e. The molecule has 0 N–H and O–H groups in total. The Morgan fingerprint density at radius 2 is 0.652 bits per heavy atom. The number of hydrogen-bond acceptors (Lipinski definition) is 16. The molecule has 6 rings (SSSR count). The van der Waals surface area contributed by atoms with E-state index in [0.717, 1.165) is 12.1 Å². The average Bonchev–Trinajstić information content (AvgIpc) is 3.01. The van der Waals surface area contributed by atoms with E-state index in [-0.39, 0.29) is 129 Å². The Labute approximate surface area is 268 Å². The summed E-state index contributed by atoms with van der Waals surface area (Å²) >= 11 is 0. The Morgan fingerprint density at radius 3 is 0.935 bits per heavy atom. The van der Waals surface area contributed by atoms with Gasteiger partial charge in [0.2, 0.25) is 0 Å². The van der Waals surface area contributed by atoms with Crippen LogP contribution in [0.4, 0.5) is 0 Å². The second-order valence-corrected chi connectivity index (χ2v) is 11.9. The molecule has 4 heterocycles. The third kappa shape index (κ3) is 14.8. The van der Waals surface area contributed by atoms with Crippen LogP contribution < -0.4 is 18.9 Å². The summed E-state index contributed by atoms with van der Waals surface area (Å²) in [5, 5.41) is 0. The summed E-state index contributed by atoms with van der Waals surface area (Å²) in [7, 11) is -9.66. The minimum absolute atomic E-state index is 0.00807. The summed E-state index contributed by atoms with van der Waals surface area (Å²) in [6.07, 6.45) is 0. The Kier molecular flexibility index (Phi) is 16.8. The lowest BCUT2D eigenvalue weighted by atomic mass is 10.3. The lowest BCUT2D eigenvalue weighted by Crippen LogP contribution is -2.15. The van der Waals surface area contributed by atoms with Gasteiger partial charge < -0.3 is 56.5 Å². The molecular formula is C28H38O16S2-2. The Balaban J connectivity index is 1.49. The normalized spacial score (nSPS) is 18.7. The minimum Gasteiger partial charge on any atom is -0.744 e. The molecule has 260 valence electrons. The van der Waals surface area contributed by atoms with Crippen molar-refractivity contribution < 1.29 is 73.3 Å². The molecule has 0 aliphatic carbocycles. The second kappa shape index (κ2) is 20.5. The van der Waals surface area contributed by atoms with Crippen LogP contribution in [-0.4, -0.2) is 132 Å². The summed E-state index contributed by atoms with van der Waals surface area (Å²) in [6.45, 7) is 2.80. The molecule has 2 aromatic carbocycles. The van der Waals surface area contributed by atoms with Crippen LogP contribution in [0.25, 0.3) is 0 Å². The van der Waals surface area contributed by atoms with Crippen LogP contribution in [0.2, 0.25) is 0 Å². The zero-order valence-corrected chi connectivity index (χ0v) is 26.8. The van der Waals surface area contributed by atoms with Gasteiger partial charge in [-0.25, -0.2) is 16.8 Å². The molecule has 0 spiro atoms. The van der Waals surface area contributed by atoms with Gasteiger partial charge in [0, 0.05) is 12.1 Å². The van der Waals surface area contributed by atoms with Crippen molar-refractivity contribution in [2.45, 2.75) is 9.79 Å². The highest BCUT2D eigenvalue weighted by molar-refractivity contribution is 7.86. The van der Waals surface area contributed by atoms with Gasteiger partial charge in [0.15, 0.2) is 0 Å². The fourth-order valence-electron chi connectivity index (χ4n) is 3.73. The van der Waals surface area contributed by atoms with E-state index < -0.39 is 30.0 Å². The molecule has 4 aliphatic rings. The smallest absolute Gasteiger partial charge is 0.137 e. The molecule has 0 aromatic heterocycles. The first kappa shape index (κ1) is 37.7. The molecule has 0 fully saturated rings. The fraction of sp³-hybridized carbons (Fsp3) is 0.571. The van der Waals surface area contributed by atoms with Gasteiger partial charge in [-0.05, 0) is 24.3 Å². The monoisotopic (exact) mass is 694 g/mol. The van der Waals surface area contributed by atoms with Crippen molar-refractivity contribution in [3.8, 4) is 23.0 Å². The average molecular weight is 695 g/mol. The first-order valence-corrected chi connectivity index (χ1v) is 17.1. The second-order valence-electron chi connectivity index (χ2n) is 9.19. The predicted octanol–water partition coefficient (Wildman–Crippen LogP) is 0.823. The Bertz CT molecular complexity index is 1280. The number of benzene rings is 2. The number of rotatable bonds is 2. The van der Waals surface area contributed by atoms with Crippen LogP contribution in [0.3, 0.4) is 0 Å². The largest absolute Gasteiger partial charge is 0.744 e. The predicted molar refractivity (Wildman–Crippen MR) is 156 cm³/mol. The maximum atomic E-state index is 11.8. The molecule has 16 nitrogen and oxygen atoms in total. The van der Waals surface area contributed by atoms with E-state index in [9.17, 15) is 25.9 Å². The Hall–Kier alpha value is -2.78. The van der Waals surface area contributed by atoms with E-state index in [1.54, 1.807) is 0 Å². The van der Waals surface area contributed by atoms with Crippen molar-refractivity contribution >= 4 is 20.2 Å². The highest BCUT2D eigenvalue weighted by atomic mass is 32.2. The van der Waals surface area contributed by atoms with Crippen LogP contribution in [0.5, 0.6) is 23.0 Å². The van der Waals surface area contributed by atoms with Crippen molar-refractivity contribution in [2.75, 3.05) is 106 Å².